The van der Waals surface area contributed by atoms with E-state index in [4.69, 9.17) is 14.6 Å². The van der Waals surface area contributed by atoms with Gasteiger partial charge in [0.1, 0.15) is 11.8 Å². The van der Waals surface area contributed by atoms with Crippen molar-refractivity contribution in [1.29, 1.82) is 0 Å². The fraction of sp³-hybridized carbons (Fsp3) is 0.393. The third-order valence-corrected chi connectivity index (χ3v) is 7.04. The topological polar surface area (TPSA) is 108 Å². The molecule has 2 aromatic carbocycles. The molecule has 3 aliphatic heterocycles. The lowest BCUT2D eigenvalue weighted by Gasteiger charge is -2.41. The second-order valence-electron chi connectivity index (χ2n) is 9.59. The van der Waals surface area contributed by atoms with Gasteiger partial charge in [-0.2, -0.15) is 0 Å². The summed E-state index contributed by atoms with van der Waals surface area (Å²) in [6.07, 6.45) is 5.29. The van der Waals surface area contributed by atoms with Crippen molar-refractivity contribution >= 4 is 17.8 Å². The van der Waals surface area contributed by atoms with Crippen molar-refractivity contribution in [2.24, 2.45) is 0 Å². The molecular weight excluding hydrogens is 474 g/mol. The minimum absolute atomic E-state index is 0.00751. The summed E-state index contributed by atoms with van der Waals surface area (Å²) in [5.41, 5.74) is 1.61. The lowest BCUT2D eigenvalue weighted by molar-refractivity contribution is -0.128. The van der Waals surface area contributed by atoms with Gasteiger partial charge in [0, 0.05) is 39.1 Å². The number of amides is 2. The molecule has 194 valence electrons. The van der Waals surface area contributed by atoms with Crippen molar-refractivity contribution in [2.45, 2.75) is 37.6 Å². The molecule has 0 radical (unpaired) electrons. The van der Waals surface area contributed by atoms with Crippen LogP contribution in [-0.2, 0) is 16.1 Å². The largest absolute Gasteiger partial charge is 0.493 e. The molecular formula is C28H31N3O6. The number of hydrogen-bond acceptors (Lipinski definition) is 6. The predicted octanol–water partition coefficient (Wildman–Crippen LogP) is 2.32. The van der Waals surface area contributed by atoms with Crippen LogP contribution in [0, 0.1) is 0 Å². The first-order chi connectivity index (χ1) is 18.0. The lowest BCUT2D eigenvalue weighted by Crippen LogP contribution is -2.61. The van der Waals surface area contributed by atoms with Crippen molar-refractivity contribution in [3.63, 3.8) is 0 Å². The van der Waals surface area contributed by atoms with Crippen LogP contribution in [0.4, 0.5) is 0 Å². The number of carboxylic acids is 1. The summed E-state index contributed by atoms with van der Waals surface area (Å²) in [7, 11) is 0. The van der Waals surface area contributed by atoms with Crippen molar-refractivity contribution in [2.75, 3.05) is 32.8 Å². The molecule has 3 heterocycles. The van der Waals surface area contributed by atoms with Crippen LogP contribution in [-0.4, -0.2) is 83.7 Å². The number of carbonyl (C=O) groups excluding carboxylic acids is 2. The van der Waals surface area contributed by atoms with E-state index in [0.29, 0.717) is 57.1 Å². The number of carbonyl (C=O) groups is 3. The van der Waals surface area contributed by atoms with Gasteiger partial charge in [-0.25, -0.2) is 4.79 Å². The molecule has 1 saturated heterocycles. The summed E-state index contributed by atoms with van der Waals surface area (Å²) in [5, 5.41) is 12.2. The predicted molar refractivity (Wildman–Crippen MR) is 135 cm³/mol. The Kier molecular flexibility index (Phi) is 7.52. The first kappa shape index (κ1) is 25.0. The van der Waals surface area contributed by atoms with E-state index in [9.17, 15) is 14.4 Å². The van der Waals surface area contributed by atoms with Crippen molar-refractivity contribution in [3.05, 3.63) is 77.4 Å². The van der Waals surface area contributed by atoms with Crippen LogP contribution in [0.25, 0.3) is 0 Å². The summed E-state index contributed by atoms with van der Waals surface area (Å²) in [6, 6.07) is 13.2. The molecule has 0 spiro atoms. The third kappa shape index (κ3) is 5.84. The molecule has 0 saturated carbocycles. The van der Waals surface area contributed by atoms with Crippen LogP contribution in [0.3, 0.4) is 0 Å². The number of nitrogens with zero attached hydrogens (tertiary/aromatic N) is 2. The molecule has 5 rings (SSSR count). The fourth-order valence-electron chi connectivity index (χ4n) is 5.04. The number of rotatable bonds is 3. The summed E-state index contributed by atoms with van der Waals surface area (Å²) in [4.78, 5) is 42.1. The van der Waals surface area contributed by atoms with Crippen molar-refractivity contribution in [3.8, 4) is 5.75 Å². The first-order valence-corrected chi connectivity index (χ1v) is 12.6. The molecule has 9 nitrogen and oxygen atoms in total. The normalized spacial score (nSPS) is 24.8. The van der Waals surface area contributed by atoms with Gasteiger partial charge < -0.3 is 24.8 Å². The van der Waals surface area contributed by atoms with Crippen LogP contribution in [0.5, 0.6) is 5.75 Å². The zero-order valence-corrected chi connectivity index (χ0v) is 20.5. The Labute approximate surface area is 215 Å². The van der Waals surface area contributed by atoms with Crippen LogP contribution in [0.2, 0.25) is 0 Å². The first-order valence-electron chi connectivity index (χ1n) is 12.6. The van der Waals surface area contributed by atoms with Gasteiger partial charge in [0.05, 0.1) is 29.9 Å². The average Bonchev–Trinajstić information content (AvgIpc) is 2.92. The number of hydrogen-bond donors (Lipinski definition) is 2. The highest BCUT2D eigenvalue weighted by molar-refractivity contribution is 6.00. The lowest BCUT2D eigenvalue weighted by atomic mass is 10.0. The molecule has 2 amide bonds. The maximum atomic E-state index is 13.7. The zero-order chi connectivity index (χ0) is 25.8. The van der Waals surface area contributed by atoms with Gasteiger partial charge in [-0.3, -0.25) is 14.5 Å². The zero-order valence-electron chi connectivity index (χ0n) is 20.5. The van der Waals surface area contributed by atoms with E-state index in [1.165, 1.54) is 0 Å². The average molecular weight is 506 g/mol. The number of para-hydroxylation sites is 1. The minimum atomic E-state index is -0.970. The van der Waals surface area contributed by atoms with E-state index < -0.39 is 12.0 Å². The number of fused-ring (bicyclic) bond motifs is 4. The summed E-state index contributed by atoms with van der Waals surface area (Å²) in [6.45, 7) is 2.61. The Balaban J connectivity index is 1.38. The number of ether oxygens (including phenoxy) is 2. The molecule has 0 aromatic heterocycles. The van der Waals surface area contributed by atoms with E-state index in [1.54, 1.807) is 47.4 Å². The maximum Gasteiger partial charge on any atom is 0.335 e. The quantitative estimate of drug-likeness (QED) is 0.617. The number of carboxylic acid groups (broad SMARTS) is 1. The molecule has 0 aliphatic carbocycles. The summed E-state index contributed by atoms with van der Waals surface area (Å²) < 4.78 is 12.2. The molecule has 1 fully saturated rings. The standard InChI is InChI=1S/C28H31N3O6/c32-26-24-18-30(17-19-8-10-20(11-9-19)28(34)35)13-14-31(24)27(33)23-6-1-2-7-25(23)36-15-12-21-4-3-5-22(37-21)16-29-26/h1-3,5-11,21-22,24H,4,12-18H2,(H,29,32)(H,34,35)/t21-,22-,24-/m0/s1. The monoisotopic (exact) mass is 505 g/mol. The highest BCUT2D eigenvalue weighted by Gasteiger charge is 2.37. The highest BCUT2D eigenvalue weighted by atomic mass is 16.5. The van der Waals surface area contributed by atoms with Gasteiger partial charge in [0.25, 0.3) is 5.91 Å². The number of piperazine rings is 1. The second-order valence-corrected chi connectivity index (χ2v) is 9.59. The molecule has 2 N–H and O–H groups in total. The Morgan fingerprint density at radius 1 is 1.08 bits per heavy atom. The van der Waals surface area contributed by atoms with Crippen LogP contribution >= 0.6 is 0 Å². The maximum absolute atomic E-state index is 13.7. The highest BCUT2D eigenvalue weighted by Crippen LogP contribution is 2.25. The number of nitrogens with one attached hydrogen (secondary N) is 1. The van der Waals surface area contributed by atoms with Gasteiger partial charge in [-0.15, -0.1) is 0 Å². The van der Waals surface area contributed by atoms with Gasteiger partial charge >= 0.3 is 5.97 Å². The fourth-order valence-corrected chi connectivity index (χ4v) is 5.04. The molecule has 3 aliphatic rings. The van der Waals surface area contributed by atoms with Crippen LogP contribution in [0.15, 0.2) is 60.7 Å². The molecule has 2 bridgehead atoms. The number of aromatic carboxylic acids is 1. The van der Waals surface area contributed by atoms with E-state index >= 15 is 0 Å². The molecule has 37 heavy (non-hydrogen) atoms. The molecule has 3 atom stereocenters. The Morgan fingerprint density at radius 3 is 2.70 bits per heavy atom. The van der Waals surface area contributed by atoms with Gasteiger partial charge in [-0.05, 0) is 36.2 Å². The Bertz CT molecular complexity index is 1180. The van der Waals surface area contributed by atoms with Crippen molar-refractivity contribution in [1.82, 2.24) is 15.1 Å². The Hall–Kier alpha value is -3.69. The van der Waals surface area contributed by atoms with E-state index in [1.807, 2.05) is 12.1 Å². The van der Waals surface area contributed by atoms with Crippen LogP contribution in [0.1, 0.15) is 39.1 Å². The van der Waals surface area contributed by atoms with E-state index in [-0.39, 0.29) is 29.6 Å². The second kappa shape index (κ2) is 11.1. The van der Waals surface area contributed by atoms with Crippen LogP contribution < -0.4 is 10.1 Å². The summed E-state index contributed by atoms with van der Waals surface area (Å²) >= 11 is 0. The van der Waals surface area contributed by atoms with E-state index in [2.05, 4.69) is 16.3 Å². The number of benzene rings is 2. The molecule has 9 heteroatoms. The van der Waals surface area contributed by atoms with Gasteiger partial charge in [0.15, 0.2) is 0 Å². The van der Waals surface area contributed by atoms with E-state index in [0.717, 1.165) is 12.0 Å². The third-order valence-electron chi connectivity index (χ3n) is 7.04. The molecule has 0 unspecified atom stereocenters. The molecule has 2 aromatic rings. The smallest absolute Gasteiger partial charge is 0.335 e. The summed E-state index contributed by atoms with van der Waals surface area (Å²) in [5.74, 6) is -0.918. The van der Waals surface area contributed by atoms with Crippen molar-refractivity contribution < 1.29 is 29.0 Å². The minimum Gasteiger partial charge on any atom is -0.493 e. The Morgan fingerprint density at radius 2 is 1.89 bits per heavy atom. The SMILES string of the molecule is O=C(O)c1ccc(CN2CCN3C(=O)c4ccccc4OCC[C@@H]4CC=C[C@@H](CNC(=O)[C@@H]3C2)O4)cc1. The van der Waals surface area contributed by atoms with Gasteiger partial charge in [0.2, 0.25) is 5.91 Å². The van der Waals surface area contributed by atoms with Gasteiger partial charge in [-0.1, -0.05) is 36.4 Å².